The van der Waals surface area contributed by atoms with E-state index in [9.17, 15) is 9.90 Å². The quantitative estimate of drug-likeness (QED) is 0.802. The molecule has 0 spiro atoms. The van der Waals surface area contributed by atoms with E-state index >= 15 is 0 Å². The van der Waals surface area contributed by atoms with E-state index in [0.717, 1.165) is 24.1 Å². The molecule has 0 atom stereocenters. The van der Waals surface area contributed by atoms with Crippen LogP contribution in [0.3, 0.4) is 0 Å². The van der Waals surface area contributed by atoms with Crippen molar-refractivity contribution in [2.24, 2.45) is 12.8 Å². The molecule has 0 unspecified atom stereocenters. The van der Waals surface area contributed by atoms with E-state index in [1.165, 1.54) is 0 Å². The summed E-state index contributed by atoms with van der Waals surface area (Å²) >= 11 is 0. The minimum Gasteiger partial charge on any atom is -0.481 e. The largest absolute Gasteiger partial charge is 0.481 e. The third kappa shape index (κ3) is 1.84. The van der Waals surface area contributed by atoms with Crippen molar-refractivity contribution in [1.82, 2.24) is 9.78 Å². The number of hydrogen-bond acceptors (Lipinski definition) is 3. The summed E-state index contributed by atoms with van der Waals surface area (Å²) in [6.45, 7) is 1.92. The first-order valence-corrected chi connectivity index (χ1v) is 5.95. The Bertz CT molecular complexity index is 411. The molecule has 5 nitrogen and oxygen atoms in total. The topological polar surface area (TPSA) is 81.1 Å². The van der Waals surface area contributed by atoms with E-state index in [2.05, 4.69) is 5.10 Å². The van der Waals surface area contributed by atoms with Crippen molar-refractivity contribution in [3.63, 3.8) is 0 Å². The predicted molar refractivity (Wildman–Crippen MR) is 63.7 cm³/mol. The molecular formula is C12H19N3O2. The summed E-state index contributed by atoms with van der Waals surface area (Å²) in [5, 5.41) is 13.8. The lowest BCUT2D eigenvalue weighted by atomic mass is 9.69. The lowest BCUT2D eigenvalue weighted by Crippen LogP contribution is -2.44. The third-order valence-corrected chi connectivity index (χ3v) is 3.87. The molecule has 0 aliphatic heterocycles. The van der Waals surface area contributed by atoms with Crippen molar-refractivity contribution < 1.29 is 9.90 Å². The van der Waals surface area contributed by atoms with Crippen molar-refractivity contribution in [3.8, 4) is 0 Å². The number of hydrogen-bond donors (Lipinski definition) is 2. The Morgan fingerprint density at radius 3 is 2.59 bits per heavy atom. The number of nitrogens with zero attached hydrogens (tertiary/aromatic N) is 2. The first-order valence-electron chi connectivity index (χ1n) is 5.95. The van der Waals surface area contributed by atoms with Gasteiger partial charge in [-0.05, 0) is 38.2 Å². The SMILES string of the molecule is Cc1cnn(C)c1C1(C(=O)O)CCC(N)CC1. The molecule has 5 heteroatoms. The van der Waals surface area contributed by atoms with E-state index in [1.54, 1.807) is 10.9 Å². The van der Waals surface area contributed by atoms with Gasteiger partial charge in [-0.25, -0.2) is 0 Å². The molecule has 3 N–H and O–H groups in total. The Balaban J connectivity index is 2.46. The number of aryl methyl sites for hydroxylation is 2. The van der Waals surface area contributed by atoms with Crippen molar-refractivity contribution in [3.05, 3.63) is 17.5 Å². The lowest BCUT2D eigenvalue weighted by Gasteiger charge is -2.36. The summed E-state index contributed by atoms with van der Waals surface area (Å²) in [5.74, 6) is -0.754. The summed E-state index contributed by atoms with van der Waals surface area (Å²) in [6.07, 6.45) is 4.45. The Labute approximate surface area is 101 Å². The van der Waals surface area contributed by atoms with Crippen molar-refractivity contribution in [2.75, 3.05) is 0 Å². The van der Waals surface area contributed by atoms with Crippen LogP contribution in [0.2, 0.25) is 0 Å². The van der Waals surface area contributed by atoms with Crippen molar-refractivity contribution in [1.29, 1.82) is 0 Å². The number of carboxylic acids is 1. The van der Waals surface area contributed by atoms with Gasteiger partial charge in [-0.2, -0.15) is 5.10 Å². The van der Waals surface area contributed by atoms with E-state index < -0.39 is 11.4 Å². The highest BCUT2D eigenvalue weighted by molar-refractivity contribution is 5.81. The van der Waals surface area contributed by atoms with Gasteiger partial charge in [0.2, 0.25) is 0 Å². The van der Waals surface area contributed by atoms with E-state index in [-0.39, 0.29) is 6.04 Å². The van der Waals surface area contributed by atoms with Gasteiger partial charge in [-0.1, -0.05) is 0 Å². The zero-order valence-electron chi connectivity index (χ0n) is 10.3. The standard InChI is InChI=1S/C12H19N3O2/c1-8-7-14-15(2)10(8)12(11(16)17)5-3-9(13)4-6-12/h7,9H,3-6,13H2,1-2H3,(H,16,17). The van der Waals surface area contributed by atoms with Crippen LogP contribution in [-0.2, 0) is 17.3 Å². The number of aliphatic carboxylic acids is 1. The highest BCUT2D eigenvalue weighted by Gasteiger charge is 2.45. The summed E-state index contributed by atoms with van der Waals surface area (Å²) < 4.78 is 1.69. The van der Waals surface area contributed by atoms with Crippen molar-refractivity contribution >= 4 is 5.97 Å². The Morgan fingerprint density at radius 2 is 2.18 bits per heavy atom. The fourth-order valence-corrected chi connectivity index (χ4v) is 2.92. The van der Waals surface area contributed by atoms with Crippen LogP contribution in [0.1, 0.15) is 36.9 Å². The average molecular weight is 237 g/mol. The molecule has 1 aromatic heterocycles. The molecule has 1 aliphatic rings. The van der Waals surface area contributed by atoms with Gasteiger partial charge in [0.15, 0.2) is 0 Å². The first kappa shape index (κ1) is 12.1. The van der Waals surface area contributed by atoms with Crippen LogP contribution < -0.4 is 5.73 Å². The van der Waals surface area contributed by atoms with Gasteiger partial charge in [-0.15, -0.1) is 0 Å². The van der Waals surface area contributed by atoms with E-state index in [0.29, 0.717) is 12.8 Å². The summed E-state index contributed by atoms with van der Waals surface area (Å²) in [7, 11) is 1.81. The molecule has 2 rings (SSSR count). The average Bonchev–Trinajstić information content (AvgIpc) is 2.61. The molecule has 94 valence electrons. The first-order chi connectivity index (χ1) is 7.97. The van der Waals surface area contributed by atoms with Gasteiger partial charge in [0.25, 0.3) is 0 Å². The Morgan fingerprint density at radius 1 is 1.59 bits per heavy atom. The van der Waals surface area contributed by atoms with Gasteiger partial charge in [0.05, 0.1) is 11.9 Å². The highest BCUT2D eigenvalue weighted by Crippen LogP contribution is 2.40. The Hall–Kier alpha value is -1.36. The molecule has 0 bridgehead atoms. The smallest absolute Gasteiger partial charge is 0.315 e. The summed E-state index contributed by atoms with van der Waals surface area (Å²) in [6, 6.07) is 0.135. The molecule has 1 heterocycles. The van der Waals surface area contributed by atoms with Crippen LogP contribution in [0, 0.1) is 6.92 Å². The van der Waals surface area contributed by atoms with Crippen LogP contribution in [0.4, 0.5) is 0 Å². The fourth-order valence-electron chi connectivity index (χ4n) is 2.92. The van der Waals surface area contributed by atoms with Crippen LogP contribution in [0.15, 0.2) is 6.20 Å². The van der Waals surface area contributed by atoms with Gasteiger partial charge in [0.1, 0.15) is 5.41 Å². The van der Waals surface area contributed by atoms with Gasteiger partial charge in [-0.3, -0.25) is 9.48 Å². The number of carbonyl (C=O) groups is 1. The minimum absolute atomic E-state index is 0.135. The number of aromatic nitrogens is 2. The van der Waals surface area contributed by atoms with Gasteiger partial charge < -0.3 is 10.8 Å². The zero-order valence-corrected chi connectivity index (χ0v) is 10.3. The van der Waals surface area contributed by atoms with Crippen molar-refractivity contribution in [2.45, 2.75) is 44.1 Å². The van der Waals surface area contributed by atoms with E-state index in [1.807, 2.05) is 14.0 Å². The maximum atomic E-state index is 11.7. The lowest BCUT2D eigenvalue weighted by molar-refractivity contribution is -0.145. The third-order valence-electron chi connectivity index (χ3n) is 3.87. The second kappa shape index (κ2) is 4.14. The molecule has 1 aromatic rings. The number of nitrogens with two attached hydrogens (primary N) is 1. The zero-order chi connectivity index (χ0) is 12.6. The molecule has 0 aromatic carbocycles. The maximum Gasteiger partial charge on any atom is 0.315 e. The summed E-state index contributed by atoms with van der Waals surface area (Å²) in [4.78, 5) is 11.7. The van der Waals surface area contributed by atoms with Crippen LogP contribution in [0.5, 0.6) is 0 Å². The second-order valence-electron chi connectivity index (χ2n) is 5.02. The predicted octanol–water partition coefficient (Wildman–Crippen LogP) is 0.952. The monoisotopic (exact) mass is 237 g/mol. The molecule has 1 aliphatic carbocycles. The molecule has 0 radical (unpaired) electrons. The molecular weight excluding hydrogens is 218 g/mol. The summed E-state index contributed by atoms with van der Waals surface area (Å²) in [5.41, 5.74) is 6.85. The fraction of sp³-hybridized carbons (Fsp3) is 0.667. The number of rotatable bonds is 2. The van der Waals surface area contributed by atoms with Crippen LogP contribution in [-0.4, -0.2) is 26.9 Å². The molecule has 1 saturated carbocycles. The van der Waals surface area contributed by atoms with Gasteiger partial charge >= 0.3 is 5.97 Å². The molecule has 0 saturated heterocycles. The molecule has 17 heavy (non-hydrogen) atoms. The van der Waals surface area contributed by atoms with Crippen LogP contribution in [0.25, 0.3) is 0 Å². The van der Waals surface area contributed by atoms with Crippen LogP contribution >= 0.6 is 0 Å². The number of carboxylic acid groups (broad SMARTS) is 1. The van der Waals surface area contributed by atoms with Gasteiger partial charge in [0, 0.05) is 13.1 Å². The highest BCUT2D eigenvalue weighted by atomic mass is 16.4. The molecule has 1 fully saturated rings. The second-order valence-corrected chi connectivity index (χ2v) is 5.02. The molecule has 0 amide bonds. The normalized spacial score (nSPS) is 29.2. The minimum atomic E-state index is -0.800. The Kier molecular flexibility index (Phi) is 2.95. The van der Waals surface area contributed by atoms with E-state index in [4.69, 9.17) is 5.73 Å². The maximum absolute atomic E-state index is 11.7.